The van der Waals surface area contributed by atoms with E-state index in [0.29, 0.717) is 0 Å². The van der Waals surface area contributed by atoms with Crippen molar-refractivity contribution in [1.82, 2.24) is 5.32 Å². The van der Waals surface area contributed by atoms with Crippen molar-refractivity contribution in [3.63, 3.8) is 0 Å². The van der Waals surface area contributed by atoms with E-state index in [2.05, 4.69) is 0 Å². The highest BCUT2D eigenvalue weighted by Gasteiger charge is 2.24. The molecule has 0 saturated carbocycles. The van der Waals surface area contributed by atoms with Gasteiger partial charge in [0.05, 0.1) is 0 Å². The number of carbonyl (C=O) groups excluding carboxylic acids is 1. The molecule has 0 rings (SSSR count). The van der Waals surface area contributed by atoms with Gasteiger partial charge < -0.3 is 10.4 Å². The van der Waals surface area contributed by atoms with Gasteiger partial charge in [-0.15, -0.1) is 0 Å². The average molecular weight is 163 g/mol. The highest BCUT2D eigenvalue weighted by Crippen LogP contribution is 1.97. The van der Waals surface area contributed by atoms with Crippen LogP contribution in [-0.4, -0.2) is 29.2 Å². The number of halogens is 1. The topological polar surface area (TPSA) is 66.4 Å². The molecule has 0 unspecified atom stereocenters. The largest absolute Gasteiger partial charge is 0.480 e. The predicted octanol–water partition coefficient (Wildman–Crippen LogP) is -0.0663. The number of carbonyl (C=O) groups is 2. The van der Waals surface area contributed by atoms with Gasteiger partial charge in [-0.3, -0.25) is 4.79 Å². The van der Waals surface area contributed by atoms with Crippen LogP contribution < -0.4 is 5.32 Å². The molecule has 0 aliphatic heterocycles. The third kappa shape index (κ3) is 3.54. The van der Waals surface area contributed by atoms with E-state index >= 15 is 0 Å². The second-order valence-electron chi connectivity index (χ2n) is 2.19. The maximum atomic E-state index is 12.4. The van der Waals surface area contributed by atoms with Crippen LogP contribution in [0.2, 0.25) is 0 Å². The summed E-state index contributed by atoms with van der Waals surface area (Å²) >= 11 is 0. The maximum Gasteiger partial charge on any atom is 0.329 e. The zero-order chi connectivity index (χ0) is 9.02. The Labute approximate surface area is 63.4 Å². The summed E-state index contributed by atoms with van der Waals surface area (Å²) in [5.74, 6) is -1.92. The summed E-state index contributed by atoms with van der Waals surface area (Å²) in [5.41, 5.74) is 0. The lowest BCUT2D eigenvalue weighted by Crippen LogP contribution is -2.45. The van der Waals surface area contributed by atoms with Gasteiger partial charge in [0.25, 0.3) is 0 Å². The molecule has 0 aliphatic rings. The maximum absolute atomic E-state index is 12.4. The van der Waals surface area contributed by atoms with Gasteiger partial charge in [0.2, 0.25) is 5.91 Å². The monoisotopic (exact) mass is 163 g/mol. The van der Waals surface area contributed by atoms with Crippen molar-refractivity contribution in [2.24, 2.45) is 0 Å². The Bertz CT molecular complexity index is 169. The number of rotatable bonds is 3. The third-order valence-corrected chi connectivity index (χ3v) is 1.08. The molecule has 0 aromatic rings. The van der Waals surface area contributed by atoms with Crippen LogP contribution in [0, 0.1) is 0 Å². The van der Waals surface area contributed by atoms with Crippen molar-refractivity contribution < 1.29 is 19.1 Å². The van der Waals surface area contributed by atoms with Gasteiger partial charge in [-0.25, -0.2) is 9.18 Å². The SMILES string of the molecule is CC(=O)N[C@@H](C(=O)O)[C@H](C)F. The third-order valence-electron chi connectivity index (χ3n) is 1.08. The standard InChI is InChI=1S/C6H10FNO3/c1-3(7)5(6(10)11)8-4(2)9/h3,5H,1-2H3,(H,8,9)(H,10,11)/t3-,5+/m0/s1. The smallest absolute Gasteiger partial charge is 0.329 e. The minimum atomic E-state index is -1.59. The van der Waals surface area contributed by atoms with Crippen LogP contribution in [0.15, 0.2) is 0 Å². The van der Waals surface area contributed by atoms with E-state index in [1.807, 2.05) is 5.32 Å². The highest BCUT2D eigenvalue weighted by molar-refractivity contribution is 5.82. The molecule has 4 nitrogen and oxygen atoms in total. The second-order valence-corrected chi connectivity index (χ2v) is 2.19. The van der Waals surface area contributed by atoms with Gasteiger partial charge in [0.1, 0.15) is 6.17 Å². The number of alkyl halides is 1. The van der Waals surface area contributed by atoms with Crippen LogP contribution in [-0.2, 0) is 9.59 Å². The number of carboxylic acids is 1. The summed E-state index contributed by atoms with van der Waals surface area (Å²) in [5, 5.41) is 10.3. The number of hydrogen-bond donors (Lipinski definition) is 2. The van der Waals surface area contributed by atoms with E-state index in [4.69, 9.17) is 5.11 Å². The van der Waals surface area contributed by atoms with Crippen LogP contribution in [0.3, 0.4) is 0 Å². The lowest BCUT2D eigenvalue weighted by Gasteiger charge is -2.13. The Balaban J connectivity index is 4.12. The van der Waals surface area contributed by atoms with Gasteiger partial charge in [-0.05, 0) is 6.92 Å². The van der Waals surface area contributed by atoms with E-state index in [-0.39, 0.29) is 0 Å². The predicted molar refractivity (Wildman–Crippen MR) is 35.8 cm³/mol. The van der Waals surface area contributed by atoms with Crippen LogP contribution in [0.25, 0.3) is 0 Å². The van der Waals surface area contributed by atoms with Gasteiger partial charge in [-0.2, -0.15) is 0 Å². The molecule has 2 atom stereocenters. The van der Waals surface area contributed by atoms with Crippen molar-refractivity contribution in [3.05, 3.63) is 0 Å². The molecule has 64 valence electrons. The minimum absolute atomic E-state index is 0.554. The zero-order valence-electron chi connectivity index (χ0n) is 6.30. The number of amides is 1. The number of nitrogens with one attached hydrogen (secondary N) is 1. The number of aliphatic carboxylic acids is 1. The van der Waals surface area contributed by atoms with Crippen LogP contribution in [0.1, 0.15) is 13.8 Å². The first kappa shape index (κ1) is 9.87. The average Bonchev–Trinajstić information content (AvgIpc) is 1.81. The Hall–Kier alpha value is -1.13. The van der Waals surface area contributed by atoms with Gasteiger partial charge in [0.15, 0.2) is 6.04 Å². The van der Waals surface area contributed by atoms with E-state index < -0.39 is 24.1 Å². The summed E-state index contributed by atoms with van der Waals surface area (Å²) in [7, 11) is 0. The van der Waals surface area contributed by atoms with Crippen LogP contribution in [0.4, 0.5) is 4.39 Å². The number of hydrogen-bond acceptors (Lipinski definition) is 2. The molecule has 0 saturated heterocycles. The van der Waals surface area contributed by atoms with E-state index in [1.165, 1.54) is 0 Å². The van der Waals surface area contributed by atoms with E-state index in [9.17, 15) is 14.0 Å². The van der Waals surface area contributed by atoms with Crippen LogP contribution >= 0.6 is 0 Å². The summed E-state index contributed by atoms with van der Waals surface area (Å²) in [6.07, 6.45) is -1.59. The normalized spacial score (nSPS) is 15.2. The molecule has 0 radical (unpaired) electrons. The summed E-state index contributed by atoms with van der Waals surface area (Å²) in [6.45, 7) is 2.22. The van der Waals surface area contributed by atoms with Crippen molar-refractivity contribution in [3.8, 4) is 0 Å². The Morgan fingerprint density at radius 3 is 2.09 bits per heavy atom. The first-order chi connectivity index (χ1) is 4.95. The molecular weight excluding hydrogens is 153 g/mol. The fourth-order valence-electron chi connectivity index (χ4n) is 0.592. The Morgan fingerprint density at radius 1 is 1.55 bits per heavy atom. The molecule has 5 heteroatoms. The summed E-state index contributed by atoms with van der Waals surface area (Å²) < 4.78 is 12.4. The summed E-state index contributed by atoms with van der Waals surface area (Å²) in [6, 6.07) is -1.44. The quantitative estimate of drug-likeness (QED) is 0.612. The molecule has 0 spiro atoms. The highest BCUT2D eigenvalue weighted by atomic mass is 19.1. The van der Waals surface area contributed by atoms with E-state index in [1.54, 1.807) is 0 Å². The lowest BCUT2D eigenvalue weighted by molar-refractivity contribution is -0.143. The molecule has 0 aliphatic carbocycles. The fourth-order valence-corrected chi connectivity index (χ4v) is 0.592. The first-order valence-electron chi connectivity index (χ1n) is 3.09. The van der Waals surface area contributed by atoms with Crippen molar-refractivity contribution in [1.29, 1.82) is 0 Å². The van der Waals surface area contributed by atoms with Crippen molar-refractivity contribution in [2.45, 2.75) is 26.1 Å². The molecule has 1 amide bonds. The molecule has 11 heavy (non-hydrogen) atoms. The molecule has 0 fully saturated rings. The molecule has 0 heterocycles. The molecule has 0 aromatic heterocycles. The van der Waals surface area contributed by atoms with Gasteiger partial charge in [-0.1, -0.05) is 0 Å². The zero-order valence-corrected chi connectivity index (χ0v) is 6.30. The molecular formula is C6H10FNO3. The second kappa shape index (κ2) is 3.90. The van der Waals surface area contributed by atoms with Crippen LogP contribution in [0.5, 0.6) is 0 Å². The Morgan fingerprint density at radius 2 is 2.00 bits per heavy atom. The Kier molecular flexibility index (Phi) is 3.50. The fraction of sp³-hybridized carbons (Fsp3) is 0.667. The van der Waals surface area contributed by atoms with Gasteiger partial charge in [0, 0.05) is 6.92 Å². The van der Waals surface area contributed by atoms with Gasteiger partial charge >= 0.3 is 5.97 Å². The summed E-state index contributed by atoms with van der Waals surface area (Å²) in [4.78, 5) is 20.5. The van der Waals surface area contributed by atoms with E-state index in [0.717, 1.165) is 13.8 Å². The number of carboxylic acid groups (broad SMARTS) is 1. The molecule has 2 N–H and O–H groups in total. The molecule has 0 bridgehead atoms. The molecule has 0 aromatic carbocycles. The first-order valence-corrected chi connectivity index (χ1v) is 3.09. The lowest BCUT2D eigenvalue weighted by atomic mass is 10.2. The van der Waals surface area contributed by atoms with Crippen molar-refractivity contribution >= 4 is 11.9 Å². The minimum Gasteiger partial charge on any atom is -0.480 e. The van der Waals surface area contributed by atoms with Crippen molar-refractivity contribution in [2.75, 3.05) is 0 Å².